The van der Waals surface area contributed by atoms with Crippen LogP contribution in [0.15, 0.2) is 30.3 Å². The van der Waals surface area contributed by atoms with Gasteiger partial charge in [-0.05, 0) is 49.8 Å². The topological polar surface area (TPSA) is 45.2 Å². The molecular weight excluding hydrogens is 248 g/mol. The molecule has 0 radical (unpaired) electrons. The van der Waals surface area contributed by atoms with Crippen LogP contribution in [0.5, 0.6) is 0 Å². The molecule has 1 aliphatic rings. The lowest BCUT2D eigenvalue weighted by Gasteiger charge is -2.22. The number of hydrogen-bond donors (Lipinski definition) is 2. The van der Waals surface area contributed by atoms with E-state index in [9.17, 15) is 0 Å². The van der Waals surface area contributed by atoms with Crippen molar-refractivity contribution in [2.45, 2.75) is 38.6 Å². The minimum absolute atomic E-state index is 0.285. The first-order valence-corrected chi connectivity index (χ1v) is 7.51. The van der Waals surface area contributed by atoms with Crippen molar-refractivity contribution in [3.05, 3.63) is 35.9 Å². The van der Waals surface area contributed by atoms with Crippen LogP contribution in [0, 0.1) is 12.8 Å². The van der Waals surface area contributed by atoms with E-state index in [-0.39, 0.29) is 6.61 Å². The molecule has 20 heavy (non-hydrogen) atoms. The zero-order valence-corrected chi connectivity index (χ0v) is 12.0. The molecule has 2 atom stereocenters. The summed E-state index contributed by atoms with van der Waals surface area (Å²) in [4.78, 5) is 4.76. The normalized spacial score (nSPS) is 22.3. The summed E-state index contributed by atoms with van der Waals surface area (Å²) >= 11 is 0. The highest BCUT2D eigenvalue weighted by Gasteiger charge is 2.27. The SMILES string of the molecule is Cc1cc2ccccc2nc1NC1CCCC1CCO. The Kier molecular flexibility index (Phi) is 3.88. The van der Waals surface area contributed by atoms with Gasteiger partial charge < -0.3 is 10.4 Å². The van der Waals surface area contributed by atoms with Crippen molar-refractivity contribution in [2.24, 2.45) is 5.92 Å². The van der Waals surface area contributed by atoms with Gasteiger partial charge in [-0.2, -0.15) is 0 Å². The maximum atomic E-state index is 9.16. The Morgan fingerprint density at radius 2 is 2.15 bits per heavy atom. The third kappa shape index (κ3) is 2.63. The number of aliphatic hydroxyl groups is 1. The van der Waals surface area contributed by atoms with Crippen LogP contribution in [0.3, 0.4) is 0 Å². The lowest BCUT2D eigenvalue weighted by atomic mass is 10.00. The van der Waals surface area contributed by atoms with Gasteiger partial charge in [0.2, 0.25) is 0 Å². The molecule has 1 aliphatic carbocycles. The molecule has 106 valence electrons. The summed E-state index contributed by atoms with van der Waals surface area (Å²) in [6, 6.07) is 10.9. The molecule has 0 aliphatic heterocycles. The summed E-state index contributed by atoms with van der Waals surface area (Å²) < 4.78 is 0. The van der Waals surface area contributed by atoms with Gasteiger partial charge in [-0.1, -0.05) is 24.6 Å². The number of aryl methyl sites for hydroxylation is 1. The smallest absolute Gasteiger partial charge is 0.129 e. The number of aliphatic hydroxyl groups excluding tert-OH is 1. The average molecular weight is 270 g/mol. The molecule has 0 amide bonds. The van der Waals surface area contributed by atoms with E-state index in [2.05, 4.69) is 30.4 Å². The van der Waals surface area contributed by atoms with E-state index in [0.717, 1.165) is 17.8 Å². The molecule has 2 N–H and O–H groups in total. The van der Waals surface area contributed by atoms with Gasteiger partial charge in [0.05, 0.1) is 5.52 Å². The number of fused-ring (bicyclic) bond motifs is 1. The van der Waals surface area contributed by atoms with Gasteiger partial charge in [-0.25, -0.2) is 4.98 Å². The highest BCUT2D eigenvalue weighted by Crippen LogP contribution is 2.31. The number of aromatic nitrogens is 1. The predicted molar refractivity (Wildman–Crippen MR) is 82.9 cm³/mol. The summed E-state index contributed by atoms with van der Waals surface area (Å²) in [5.41, 5.74) is 2.23. The molecule has 0 bridgehead atoms. The summed E-state index contributed by atoms with van der Waals surface area (Å²) in [5.74, 6) is 1.58. The van der Waals surface area contributed by atoms with Crippen LogP contribution in [0.25, 0.3) is 10.9 Å². The number of benzene rings is 1. The molecule has 3 nitrogen and oxygen atoms in total. The van der Waals surface area contributed by atoms with Crippen LogP contribution in [0.1, 0.15) is 31.2 Å². The van der Waals surface area contributed by atoms with E-state index in [0.29, 0.717) is 12.0 Å². The quantitative estimate of drug-likeness (QED) is 0.893. The third-order valence-corrected chi connectivity index (χ3v) is 4.40. The van der Waals surface area contributed by atoms with Crippen LogP contribution in [-0.2, 0) is 0 Å². The van der Waals surface area contributed by atoms with E-state index in [1.165, 1.54) is 30.2 Å². The summed E-state index contributed by atoms with van der Waals surface area (Å²) in [6.45, 7) is 2.39. The lowest BCUT2D eigenvalue weighted by molar-refractivity contribution is 0.254. The number of para-hydroxylation sites is 1. The first-order chi connectivity index (χ1) is 9.78. The second-order valence-electron chi connectivity index (χ2n) is 5.80. The van der Waals surface area contributed by atoms with Gasteiger partial charge in [0.25, 0.3) is 0 Å². The summed E-state index contributed by atoms with van der Waals surface area (Å²) in [7, 11) is 0. The lowest BCUT2D eigenvalue weighted by Crippen LogP contribution is -2.25. The van der Waals surface area contributed by atoms with Crippen molar-refractivity contribution in [2.75, 3.05) is 11.9 Å². The van der Waals surface area contributed by atoms with Gasteiger partial charge in [0.15, 0.2) is 0 Å². The van der Waals surface area contributed by atoms with E-state index in [1.807, 2.05) is 12.1 Å². The Hall–Kier alpha value is -1.61. The van der Waals surface area contributed by atoms with Crippen molar-refractivity contribution < 1.29 is 5.11 Å². The zero-order valence-electron chi connectivity index (χ0n) is 12.0. The molecule has 0 saturated heterocycles. The van der Waals surface area contributed by atoms with E-state index in [1.54, 1.807) is 0 Å². The maximum Gasteiger partial charge on any atom is 0.129 e. The van der Waals surface area contributed by atoms with Crippen molar-refractivity contribution in [3.8, 4) is 0 Å². The van der Waals surface area contributed by atoms with E-state index < -0.39 is 0 Å². The van der Waals surface area contributed by atoms with Crippen LogP contribution in [0.2, 0.25) is 0 Å². The van der Waals surface area contributed by atoms with Gasteiger partial charge in [-0.3, -0.25) is 0 Å². The number of hydrogen-bond acceptors (Lipinski definition) is 3. The van der Waals surface area contributed by atoms with Crippen molar-refractivity contribution in [3.63, 3.8) is 0 Å². The second kappa shape index (κ2) is 5.80. The van der Waals surface area contributed by atoms with Gasteiger partial charge in [0.1, 0.15) is 5.82 Å². The van der Waals surface area contributed by atoms with Crippen molar-refractivity contribution >= 4 is 16.7 Å². The molecule has 0 spiro atoms. The molecule has 1 heterocycles. The summed E-state index contributed by atoms with van der Waals surface area (Å²) in [5, 5.41) is 14.0. The number of rotatable bonds is 4. The van der Waals surface area contributed by atoms with Crippen LogP contribution < -0.4 is 5.32 Å². The number of anilines is 1. The van der Waals surface area contributed by atoms with Gasteiger partial charge in [-0.15, -0.1) is 0 Å². The minimum atomic E-state index is 0.285. The zero-order chi connectivity index (χ0) is 13.9. The fourth-order valence-corrected chi connectivity index (χ4v) is 3.28. The molecule has 1 aromatic carbocycles. The minimum Gasteiger partial charge on any atom is -0.396 e. The first kappa shape index (κ1) is 13.4. The number of nitrogens with zero attached hydrogens (tertiary/aromatic N) is 1. The Balaban J connectivity index is 1.84. The monoisotopic (exact) mass is 270 g/mol. The number of pyridine rings is 1. The van der Waals surface area contributed by atoms with Crippen molar-refractivity contribution in [1.29, 1.82) is 0 Å². The molecule has 2 aromatic rings. The highest BCUT2D eigenvalue weighted by molar-refractivity contribution is 5.81. The van der Waals surface area contributed by atoms with Gasteiger partial charge >= 0.3 is 0 Å². The Morgan fingerprint density at radius 1 is 1.30 bits per heavy atom. The number of nitrogens with one attached hydrogen (secondary N) is 1. The van der Waals surface area contributed by atoms with Crippen LogP contribution in [-0.4, -0.2) is 22.7 Å². The van der Waals surface area contributed by atoms with E-state index >= 15 is 0 Å². The predicted octanol–water partition coefficient (Wildman–Crippen LogP) is 3.51. The molecule has 1 fully saturated rings. The molecule has 1 aromatic heterocycles. The Morgan fingerprint density at radius 3 is 3.00 bits per heavy atom. The third-order valence-electron chi connectivity index (χ3n) is 4.40. The highest BCUT2D eigenvalue weighted by atomic mass is 16.3. The fraction of sp³-hybridized carbons (Fsp3) is 0.471. The second-order valence-corrected chi connectivity index (χ2v) is 5.80. The van der Waals surface area contributed by atoms with Crippen molar-refractivity contribution in [1.82, 2.24) is 4.98 Å². The molecule has 3 heteroatoms. The molecule has 1 saturated carbocycles. The first-order valence-electron chi connectivity index (χ1n) is 7.51. The molecule has 2 unspecified atom stereocenters. The largest absolute Gasteiger partial charge is 0.396 e. The Labute approximate surface area is 120 Å². The van der Waals surface area contributed by atoms with Crippen LogP contribution >= 0.6 is 0 Å². The maximum absolute atomic E-state index is 9.16. The Bertz CT molecular complexity index is 597. The average Bonchev–Trinajstić information content (AvgIpc) is 2.87. The van der Waals surface area contributed by atoms with E-state index in [4.69, 9.17) is 10.1 Å². The summed E-state index contributed by atoms with van der Waals surface area (Å²) in [6.07, 6.45) is 4.53. The van der Waals surface area contributed by atoms with Gasteiger partial charge in [0, 0.05) is 18.0 Å². The van der Waals surface area contributed by atoms with Crippen LogP contribution in [0.4, 0.5) is 5.82 Å². The molecular formula is C17H22N2O. The molecule has 3 rings (SSSR count). The fourth-order valence-electron chi connectivity index (χ4n) is 3.28. The standard InChI is InChI=1S/C17H22N2O/c1-12-11-14-5-2-3-7-16(14)19-17(12)18-15-8-4-6-13(15)9-10-20/h2-3,5,7,11,13,15,20H,4,6,8-10H2,1H3,(H,18,19).